The average Bonchev–Trinajstić information content (AvgIpc) is 2.73. The van der Waals surface area contributed by atoms with Crippen LogP contribution in [0.2, 0.25) is 0 Å². The molecule has 2 atom stereocenters. The molecule has 0 heterocycles. The Morgan fingerprint density at radius 1 is 1.26 bits per heavy atom. The predicted octanol–water partition coefficient (Wildman–Crippen LogP) is 1.28. The van der Waals surface area contributed by atoms with E-state index in [1.165, 1.54) is 21.3 Å². The predicted molar refractivity (Wildman–Crippen MR) is 68.0 cm³/mol. The molecule has 0 aliphatic heterocycles. The van der Waals surface area contributed by atoms with Gasteiger partial charge in [0.25, 0.3) is 0 Å². The number of benzene rings is 1. The normalized spacial score (nSPS) is 20.8. The van der Waals surface area contributed by atoms with Crippen molar-refractivity contribution in [3.05, 3.63) is 17.2 Å². The summed E-state index contributed by atoms with van der Waals surface area (Å²) < 4.78 is 15.8. The lowest BCUT2D eigenvalue weighted by Gasteiger charge is -2.18. The largest absolute Gasteiger partial charge is 0.493 e. The molecule has 2 rings (SSSR count). The molecule has 19 heavy (non-hydrogen) atoms. The van der Waals surface area contributed by atoms with E-state index >= 15 is 0 Å². The molecule has 2 unspecified atom stereocenters. The van der Waals surface area contributed by atoms with E-state index in [0.717, 1.165) is 0 Å². The summed E-state index contributed by atoms with van der Waals surface area (Å²) in [6.07, 6.45) is 0.345. The van der Waals surface area contributed by atoms with Crippen LogP contribution in [0.4, 0.5) is 0 Å². The van der Waals surface area contributed by atoms with E-state index in [4.69, 9.17) is 19.9 Å². The molecule has 0 saturated heterocycles. The summed E-state index contributed by atoms with van der Waals surface area (Å²) in [5, 5.41) is 9.26. The molecule has 6 nitrogen and oxygen atoms in total. The number of methoxy groups -OCH3 is 3. The number of nitrogens with two attached hydrogens (primary N) is 1. The van der Waals surface area contributed by atoms with E-state index in [9.17, 15) is 9.90 Å². The lowest BCUT2D eigenvalue weighted by Crippen LogP contribution is -2.10. The molecule has 0 saturated carbocycles. The fraction of sp³-hybridized carbons (Fsp3) is 0.462. The Hall–Kier alpha value is -1.95. The van der Waals surface area contributed by atoms with Crippen LogP contribution in [0.5, 0.6) is 17.2 Å². The second-order valence-electron chi connectivity index (χ2n) is 4.38. The van der Waals surface area contributed by atoms with Crippen molar-refractivity contribution in [3.8, 4) is 17.2 Å². The first-order valence-corrected chi connectivity index (χ1v) is 5.86. The first kappa shape index (κ1) is 13.5. The highest BCUT2D eigenvalue weighted by molar-refractivity contribution is 5.80. The highest BCUT2D eigenvalue weighted by atomic mass is 16.5. The Morgan fingerprint density at radius 3 is 2.37 bits per heavy atom. The van der Waals surface area contributed by atoms with E-state index in [-0.39, 0.29) is 6.04 Å². The zero-order chi connectivity index (χ0) is 14.2. The molecule has 0 bridgehead atoms. The number of carboxylic acid groups (broad SMARTS) is 1. The van der Waals surface area contributed by atoms with Crippen molar-refractivity contribution in [1.82, 2.24) is 0 Å². The van der Waals surface area contributed by atoms with Crippen LogP contribution >= 0.6 is 0 Å². The van der Waals surface area contributed by atoms with Crippen molar-refractivity contribution in [1.29, 1.82) is 0 Å². The van der Waals surface area contributed by atoms with Gasteiger partial charge < -0.3 is 25.1 Å². The fourth-order valence-electron chi connectivity index (χ4n) is 2.60. The maximum absolute atomic E-state index is 11.3. The first-order chi connectivity index (χ1) is 9.04. The minimum Gasteiger partial charge on any atom is -0.493 e. The van der Waals surface area contributed by atoms with Gasteiger partial charge >= 0.3 is 5.97 Å². The van der Waals surface area contributed by atoms with Crippen LogP contribution in [-0.4, -0.2) is 32.4 Å². The van der Waals surface area contributed by atoms with Crippen LogP contribution in [0.3, 0.4) is 0 Å². The van der Waals surface area contributed by atoms with Crippen molar-refractivity contribution in [2.75, 3.05) is 21.3 Å². The van der Waals surface area contributed by atoms with Crippen LogP contribution in [0.15, 0.2) is 6.07 Å². The average molecular weight is 267 g/mol. The third-order valence-corrected chi connectivity index (χ3v) is 3.43. The first-order valence-electron chi connectivity index (χ1n) is 5.86. The zero-order valence-corrected chi connectivity index (χ0v) is 11.1. The minimum absolute atomic E-state index is 0.345. The summed E-state index contributed by atoms with van der Waals surface area (Å²) in [5.41, 5.74) is 7.35. The molecule has 0 fully saturated rings. The lowest BCUT2D eigenvalue weighted by molar-refractivity contribution is -0.138. The molecule has 1 aromatic carbocycles. The highest BCUT2D eigenvalue weighted by Crippen LogP contribution is 2.51. The second-order valence-corrected chi connectivity index (χ2v) is 4.38. The van der Waals surface area contributed by atoms with Gasteiger partial charge in [-0.1, -0.05) is 0 Å². The Labute approximate surface area is 111 Å². The molecular formula is C13H17NO5. The highest BCUT2D eigenvalue weighted by Gasteiger charge is 2.38. The monoisotopic (exact) mass is 267 g/mol. The van der Waals surface area contributed by atoms with E-state index < -0.39 is 11.9 Å². The quantitative estimate of drug-likeness (QED) is 0.854. The van der Waals surface area contributed by atoms with Gasteiger partial charge in [-0.25, -0.2) is 0 Å². The summed E-state index contributed by atoms with van der Waals surface area (Å²) in [5.74, 6) is -0.209. The van der Waals surface area contributed by atoms with Crippen molar-refractivity contribution < 1.29 is 24.1 Å². The summed E-state index contributed by atoms with van der Waals surface area (Å²) in [6, 6.07) is 1.29. The lowest BCUT2D eigenvalue weighted by atomic mass is 10.0. The molecule has 1 aromatic rings. The number of rotatable bonds is 4. The van der Waals surface area contributed by atoms with Gasteiger partial charge in [0, 0.05) is 11.6 Å². The molecule has 1 aliphatic carbocycles. The Bertz CT molecular complexity index is 514. The Kier molecular flexibility index (Phi) is 3.53. The van der Waals surface area contributed by atoms with Gasteiger partial charge in [-0.05, 0) is 18.1 Å². The molecule has 0 amide bonds. The van der Waals surface area contributed by atoms with Crippen LogP contribution in [0, 0.1) is 0 Å². The van der Waals surface area contributed by atoms with E-state index in [1.54, 1.807) is 6.07 Å². The summed E-state index contributed by atoms with van der Waals surface area (Å²) in [7, 11) is 4.49. The van der Waals surface area contributed by atoms with Gasteiger partial charge in [-0.15, -0.1) is 0 Å². The van der Waals surface area contributed by atoms with Crippen LogP contribution in [0.25, 0.3) is 0 Å². The number of hydrogen-bond donors (Lipinski definition) is 2. The van der Waals surface area contributed by atoms with Gasteiger partial charge in [0.05, 0.1) is 27.2 Å². The van der Waals surface area contributed by atoms with Gasteiger partial charge in [0.1, 0.15) is 0 Å². The van der Waals surface area contributed by atoms with Crippen molar-refractivity contribution in [2.24, 2.45) is 5.73 Å². The fourth-order valence-corrected chi connectivity index (χ4v) is 2.60. The molecule has 3 N–H and O–H groups in total. The number of carboxylic acids is 1. The van der Waals surface area contributed by atoms with Gasteiger partial charge in [0.2, 0.25) is 5.75 Å². The number of aliphatic carboxylic acids is 1. The van der Waals surface area contributed by atoms with Crippen molar-refractivity contribution in [3.63, 3.8) is 0 Å². The van der Waals surface area contributed by atoms with Crippen molar-refractivity contribution >= 4 is 5.97 Å². The molecule has 104 valence electrons. The minimum atomic E-state index is -0.900. The van der Waals surface area contributed by atoms with Gasteiger partial charge in [0.15, 0.2) is 11.5 Å². The Morgan fingerprint density at radius 2 is 1.89 bits per heavy atom. The second kappa shape index (κ2) is 4.97. The summed E-state index contributed by atoms with van der Waals surface area (Å²) in [6.45, 7) is 0. The van der Waals surface area contributed by atoms with Gasteiger partial charge in [-0.3, -0.25) is 4.79 Å². The molecule has 1 aliphatic rings. The van der Waals surface area contributed by atoms with E-state index in [2.05, 4.69) is 0 Å². The maximum Gasteiger partial charge on any atom is 0.311 e. The van der Waals surface area contributed by atoms with Crippen LogP contribution < -0.4 is 19.9 Å². The van der Waals surface area contributed by atoms with E-state index in [1.807, 2.05) is 0 Å². The molecular weight excluding hydrogens is 250 g/mol. The third kappa shape index (κ3) is 1.98. The maximum atomic E-state index is 11.3. The SMILES string of the molecule is COc1cc2c(c(OC)c1OC)C(N)CC2C(=O)O. The molecule has 0 radical (unpaired) electrons. The number of fused-ring (bicyclic) bond motifs is 1. The number of ether oxygens (including phenoxy) is 3. The van der Waals surface area contributed by atoms with Gasteiger partial charge in [-0.2, -0.15) is 0 Å². The van der Waals surface area contributed by atoms with E-state index in [0.29, 0.717) is 34.8 Å². The molecule has 6 heteroatoms. The molecule has 0 aromatic heterocycles. The zero-order valence-electron chi connectivity index (χ0n) is 11.1. The smallest absolute Gasteiger partial charge is 0.311 e. The number of carbonyl (C=O) groups is 1. The van der Waals surface area contributed by atoms with Crippen LogP contribution in [0.1, 0.15) is 29.5 Å². The Balaban J connectivity index is 2.70. The molecule has 0 spiro atoms. The van der Waals surface area contributed by atoms with Crippen LogP contribution in [-0.2, 0) is 4.79 Å². The third-order valence-electron chi connectivity index (χ3n) is 3.43. The summed E-state index contributed by atoms with van der Waals surface area (Å²) in [4.78, 5) is 11.3. The number of hydrogen-bond acceptors (Lipinski definition) is 5. The topological polar surface area (TPSA) is 91.0 Å². The van der Waals surface area contributed by atoms with Crippen molar-refractivity contribution in [2.45, 2.75) is 18.4 Å². The standard InChI is InChI=1S/C13H17NO5/c1-17-9-5-6-7(13(15)16)4-8(14)10(6)12(19-3)11(9)18-2/h5,7-8H,4,14H2,1-3H3,(H,15,16). The summed E-state index contributed by atoms with van der Waals surface area (Å²) >= 11 is 0.